The Balaban J connectivity index is 3.95. The highest BCUT2D eigenvalue weighted by molar-refractivity contribution is 7.45. The fourth-order valence-corrected chi connectivity index (χ4v) is 12.1. The Labute approximate surface area is 559 Å². The van der Waals surface area contributed by atoms with Crippen molar-refractivity contribution >= 4 is 19.8 Å². The Hall–Kier alpha value is -2.55. The van der Waals surface area contributed by atoms with Gasteiger partial charge in [-0.2, -0.15) is 0 Å². The van der Waals surface area contributed by atoms with E-state index >= 15 is 0 Å². The van der Waals surface area contributed by atoms with Crippen molar-refractivity contribution in [3.05, 3.63) is 72.9 Å². The van der Waals surface area contributed by atoms with Crippen molar-refractivity contribution in [2.24, 2.45) is 0 Å². The summed E-state index contributed by atoms with van der Waals surface area (Å²) in [4.78, 5) is 38.2. The molecule has 0 aromatic carbocycles. The molecule has 0 aromatic rings. The molecule has 0 saturated carbocycles. The van der Waals surface area contributed by atoms with Crippen molar-refractivity contribution < 1.29 is 42.1 Å². The minimum Gasteiger partial charge on any atom is -0.756 e. The first-order valence-corrected chi connectivity index (χ1v) is 40.1. The lowest BCUT2D eigenvalue weighted by molar-refractivity contribution is -0.870. The van der Waals surface area contributed by atoms with Crippen LogP contribution in [0.4, 0.5) is 0 Å². The summed E-state index contributed by atoms with van der Waals surface area (Å²) >= 11 is 0. The third-order valence-electron chi connectivity index (χ3n) is 17.2. The van der Waals surface area contributed by atoms with Gasteiger partial charge in [0.15, 0.2) is 6.10 Å². The molecule has 0 bridgehead atoms. The average Bonchev–Trinajstić information content (AvgIpc) is 3.61. The highest BCUT2D eigenvalue weighted by atomic mass is 31.2. The van der Waals surface area contributed by atoms with Gasteiger partial charge in [-0.1, -0.05) is 350 Å². The Kier molecular flexibility index (Phi) is 68.8. The third kappa shape index (κ3) is 74.5. The summed E-state index contributed by atoms with van der Waals surface area (Å²) in [5.41, 5.74) is 0. The maximum Gasteiger partial charge on any atom is 0.306 e. The molecule has 0 spiro atoms. The number of hydrogen-bond donors (Lipinski definition) is 0. The molecule has 90 heavy (non-hydrogen) atoms. The highest BCUT2D eigenvalue weighted by Gasteiger charge is 2.22. The van der Waals surface area contributed by atoms with Crippen LogP contribution >= 0.6 is 7.82 Å². The van der Waals surface area contributed by atoms with Crippen molar-refractivity contribution in [3.8, 4) is 0 Å². The molecule has 0 saturated heterocycles. The van der Waals surface area contributed by atoms with Crippen LogP contribution in [0.3, 0.4) is 0 Å². The van der Waals surface area contributed by atoms with Gasteiger partial charge in [-0.05, 0) is 83.5 Å². The predicted molar refractivity (Wildman–Crippen MR) is 388 cm³/mol. The first-order chi connectivity index (χ1) is 44.0. The van der Waals surface area contributed by atoms with Crippen LogP contribution in [0.5, 0.6) is 0 Å². The fourth-order valence-electron chi connectivity index (χ4n) is 11.3. The number of allylic oxidation sites excluding steroid dienone is 12. The van der Waals surface area contributed by atoms with Gasteiger partial charge in [0.05, 0.1) is 27.7 Å². The smallest absolute Gasteiger partial charge is 0.306 e. The largest absolute Gasteiger partial charge is 0.756 e. The topological polar surface area (TPSA) is 111 Å². The molecule has 10 heteroatoms. The van der Waals surface area contributed by atoms with Gasteiger partial charge in [0.2, 0.25) is 0 Å². The van der Waals surface area contributed by atoms with Gasteiger partial charge in [0.1, 0.15) is 19.8 Å². The molecular formula is C80H148NO8P. The zero-order chi connectivity index (χ0) is 65.5. The summed E-state index contributed by atoms with van der Waals surface area (Å²) in [7, 11) is 1.18. The van der Waals surface area contributed by atoms with Gasteiger partial charge in [-0.25, -0.2) is 0 Å². The number of phosphoric ester groups is 1. The molecule has 0 rings (SSSR count). The van der Waals surface area contributed by atoms with E-state index in [4.69, 9.17) is 18.5 Å². The number of ether oxygens (including phenoxy) is 2. The van der Waals surface area contributed by atoms with E-state index < -0.39 is 26.5 Å². The number of phosphoric acid groups is 1. The van der Waals surface area contributed by atoms with E-state index in [9.17, 15) is 19.0 Å². The summed E-state index contributed by atoms with van der Waals surface area (Å²) in [6, 6.07) is 0. The van der Waals surface area contributed by atoms with Crippen LogP contribution in [0.25, 0.3) is 0 Å². The minimum absolute atomic E-state index is 0.0295. The lowest BCUT2D eigenvalue weighted by Gasteiger charge is -2.28. The van der Waals surface area contributed by atoms with E-state index in [-0.39, 0.29) is 32.0 Å². The van der Waals surface area contributed by atoms with Gasteiger partial charge in [-0.15, -0.1) is 0 Å². The molecule has 0 radical (unpaired) electrons. The molecule has 0 aliphatic heterocycles. The first kappa shape index (κ1) is 87.5. The molecule has 526 valence electrons. The van der Waals surface area contributed by atoms with Crippen LogP contribution in [-0.2, 0) is 32.7 Å². The molecule has 0 aromatic heterocycles. The molecule has 2 atom stereocenters. The number of quaternary nitrogens is 1. The van der Waals surface area contributed by atoms with Crippen molar-refractivity contribution in [2.45, 2.75) is 380 Å². The quantitative estimate of drug-likeness (QED) is 0.0195. The minimum atomic E-state index is -4.64. The summed E-state index contributed by atoms with van der Waals surface area (Å²) in [5.74, 6) is -0.813. The van der Waals surface area contributed by atoms with Gasteiger partial charge < -0.3 is 27.9 Å². The molecular weight excluding hydrogens is 1130 g/mol. The summed E-state index contributed by atoms with van der Waals surface area (Å²) in [6.45, 7) is 4.19. The molecule has 0 aliphatic rings. The molecule has 0 aliphatic carbocycles. The number of rotatable bonds is 72. The second kappa shape index (κ2) is 70.8. The van der Waals surface area contributed by atoms with Crippen molar-refractivity contribution in [2.75, 3.05) is 47.5 Å². The standard InChI is InChI=1S/C80H148NO8P/c1-6-8-10-12-14-16-18-20-22-24-26-28-30-32-34-36-38-39-40-41-43-45-47-49-51-53-55-57-59-61-63-65-67-69-71-73-80(83)89-78(77-88-90(84,85)87-75-74-81(3,4)5)76-86-79(82)72-70-68-66-64-62-60-58-56-54-52-50-48-46-44-42-37-35-33-31-29-27-25-23-21-19-17-15-13-11-9-7-2/h8,10,14,16,20,22,25-28,32,34,78H,6-7,9,11-13,15,17-19,21,23-24,29-31,33,35-77H2,1-5H3/b10-8-,16-14-,22-20-,27-25-,28-26-,34-32-. The van der Waals surface area contributed by atoms with Gasteiger partial charge in [-0.3, -0.25) is 14.2 Å². The lowest BCUT2D eigenvalue weighted by Crippen LogP contribution is -2.37. The second-order valence-electron chi connectivity index (χ2n) is 27.3. The zero-order valence-electron chi connectivity index (χ0n) is 60.1. The van der Waals surface area contributed by atoms with E-state index in [0.29, 0.717) is 17.4 Å². The normalized spacial score (nSPS) is 13.4. The van der Waals surface area contributed by atoms with E-state index in [1.54, 1.807) is 0 Å². The third-order valence-corrected chi connectivity index (χ3v) is 18.2. The van der Waals surface area contributed by atoms with Crippen molar-refractivity contribution in [1.29, 1.82) is 0 Å². The lowest BCUT2D eigenvalue weighted by atomic mass is 10.0. The highest BCUT2D eigenvalue weighted by Crippen LogP contribution is 2.38. The summed E-state index contributed by atoms with van der Waals surface area (Å²) in [6.07, 6.45) is 95.9. The number of likely N-dealkylation sites (N-methyl/N-ethyl adjacent to an activating group) is 1. The Morgan fingerprint density at radius 3 is 0.956 bits per heavy atom. The Bertz CT molecular complexity index is 1750. The molecule has 0 N–H and O–H groups in total. The summed E-state index contributed by atoms with van der Waals surface area (Å²) < 4.78 is 34.4. The number of unbranched alkanes of at least 4 members (excludes halogenated alkanes) is 46. The number of hydrogen-bond acceptors (Lipinski definition) is 8. The van der Waals surface area contributed by atoms with E-state index in [1.165, 1.54) is 270 Å². The monoisotopic (exact) mass is 1280 g/mol. The van der Waals surface area contributed by atoms with Crippen molar-refractivity contribution in [3.63, 3.8) is 0 Å². The Morgan fingerprint density at radius 2 is 0.633 bits per heavy atom. The van der Waals surface area contributed by atoms with Gasteiger partial charge in [0.25, 0.3) is 7.82 Å². The fraction of sp³-hybridized carbons (Fsp3) is 0.825. The van der Waals surface area contributed by atoms with Crippen LogP contribution < -0.4 is 4.89 Å². The Morgan fingerprint density at radius 1 is 0.356 bits per heavy atom. The molecule has 2 unspecified atom stereocenters. The number of carbonyl (C=O) groups is 2. The van der Waals surface area contributed by atoms with Crippen LogP contribution in [0, 0.1) is 0 Å². The first-order valence-electron chi connectivity index (χ1n) is 38.6. The van der Waals surface area contributed by atoms with E-state index in [0.717, 1.165) is 70.6 Å². The van der Waals surface area contributed by atoms with Crippen LogP contribution in [0.1, 0.15) is 373 Å². The van der Waals surface area contributed by atoms with E-state index in [2.05, 4.69) is 86.8 Å². The number of nitrogens with zero attached hydrogens (tertiary/aromatic N) is 1. The summed E-state index contributed by atoms with van der Waals surface area (Å²) in [5, 5.41) is 0. The van der Waals surface area contributed by atoms with Gasteiger partial charge in [0, 0.05) is 12.8 Å². The second-order valence-corrected chi connectivity index (χ2v) is 28.8. The van der Waals surface area contributed by atoms with Gasteiger partial charge >= 0.3 is 11.9 Å². The average molecular weight is 1280 g/mol. The maximum absolute atomic E-state index is 12.9. The molecule has 0 amide bonds. The van der Waals surface area contributed by atoms with Crippen LogP contribution in [0.2, 0.25) is 0 Å². The molecule has 0 heterocycles. The van der Waals surface area contributed by atoms with E-state index in [1.807, 2.05) is 21.1 Å². The number of carbonyl (C=O) groups excluding carboxylic acids is 2. The molecule has 0 fully saturated rings. The van der Waals surface area contributed by atoms with Crippen molar-refractivity contribution in [1.82, 2.24) is 0 Å². The SMILES string of the molecule is CC/C=C\C/C=C\C/C=C\C/C=C\C/C=C\CCCCCCCCCCCCCCCCCCCCCC(=O)OC(COC(=O)CCCCCCCCCCCCCCCCCCCCC/C=C\CCCCCCCCCC)COP(=O)([O-])OCC[N+](C)(C)C. The zero-order valence-corrected chi connectivity index (χ0v) is 61.0. The predicted octanol–water partition coefficient (Wildman–Crippen LogP) is 24.9. The van der Waals surface area contributed by atoms with Crippen LogP contribution in [0.15, 0.2) is 72.9 Å². The number of esters is 2. The maximum atomic E-state index is 12.9. The molecule has 9 nitrogen and oxygen atoms in total. The van der Waals surface area contributed by atoms with Crippen LogP contribution in [-0.4, -0.2) is 70.0 Å².